The molecule has 1 fully saturated rings. The number of aryl methyl sites for hydroxylation is 1. The molecule has 0 spiro atoms. The van der Waals surface area contributed by atoms with Gasteiger partial charge in [-0.3, -0.25) is 18.5 Å². The second kappa shape index (κ2) is 7.26. The van der Waals surface area contributed by atoms with Gasteiger partial charge in [-0.25, -0.2) is 14.8 Å². The SMILES string of the molecule is O=c1n(Cc2nc3nc(Cl)ccc3n2CCCCF)c2cnccc2n1C1CC1. The van der Waals surface area contributed by atoms with Gasteiger partial charge >= 0.3 is 5.69 Å². The summed E-state index contributed by atoms with van der Waals surface area (Å²) in [5.74, 6) is 0.703. The topological polar surface area (TPSA) is 70.5 Å². The molecule has 0 bridgehead atoms. The van der Waals surface area contributed by atoms with Crippen molar-refractivity contribution in [3.05, 3.63) is 52.1 Å². The summed E-state index contributed by atoms with van der Waals surface area (Å²) in [5.41, 5.74) is 3.00. The fourth-order valence-corrected chi connectivity index (χ4v) is 4.02. The lowest BCUT2D eigenvalue weighted by molar-refractivity contribution is 0.446. The number of pyridine rings is 2. The average molecular weight is 415 g/mol. The summed E-state index contributed by atoms with van der Waals surface area (Å²) in [6.45, 7) is 0.545. The molecule has 9 heteroatoms. The molecule has 0 atom stereocenters. The first kappa shape index (κ1) is 18.3. The molecule has 1 aliphatic rings. The third-order valence-corrected chi connectivity index (χ3v) is 5.61. The predicted molar refractivity (Wildman–Crippen MR) is 109 cm³/mol. The van der Waals surface area contributed by atoms with Crippen LogP contribution in [0.3, 0.4) is 0 Å². The van der Waals surface area contributed by atoms with Gasteiger partial charge in [0.2, 0.25) is 0 Å². The Bertz CT molecular complexity index is 1260. The van der Waals surface area contributed by atoms with Crippen LogP contribution in [0.2, 0.25) is 5.15 Å². The van der Waals surface area contributed by atoms with Gasteiger partial charge in [0.25, 0.3) is 0 Å². The minimum Gasteiger partial charge on any atom is -0.325 e. The molecule has 1 saturated carbocycles. The van der Waals surface area contributed by atoms with Crippen LogP contribution in [0.15, 0.2) is 35.4 Å². The average Bonchev–Trinajstić information content (AvgIpc) is 3.44. The Kier molecular flexibility index (Phi) is 4.58. The zero-order valence-electron chi connectivity index (χ0n) is 15.8. The van der Waals surface area contributed by atoms with Crippen molar-refractivity contribution >= 4 is 33.8 Å². The summed E-state index contributed by atoms with van der Waals surface area (Å²) < 4.78 is 18.2. The molecule has 7 nitrogen and oxygen atoms in total. The van der Waals surface area contributed by atoms with Crippen LogP contribution in [0.1, 0.15) is 37.5 Å². The van der Waals surface area contributed by atoms with Gasteiger partial charge in [-0.15, -0.1) is 0 Å². The number of halogens is 2. The summed E-state index contributed by atoms with van der Waals surface area (Å²) in [4.78, 5) is 26.4. The number of imidazole rings is 2. The van der Waals surface area contributed by atoms with Crippen molar-refractivity contribution in [2.24, 2.45) is 0 Å². The Labute approximate surface area is 170 Å². The quantitative estimate of drug-likeness (QED) is 0.341. The van der Waals surface area contributed by atoms with Crippen molar-refractivity contribution in [1.82, 2.24) is 28.7 Å². The van der Waals surface area contributed by atoms with Gasteiger partial charge in [0.05, 0.1) is 36.0 Å². The molecule has 0 radical (unpaired) electrons. The number of hydrogen-bond donors (Lipinski definition) is 0. The summed E-state index contributed by atoms with van der Waals surface area (Å²) >= 11 is 6.04. The normalized spacial score (nSPS) is 14.3. The van der Waals surface area contributed by atoms with Gasteiger partial charge in [-0.2, -0.15) is 0 Å². The lowest BCUT2D eigenvalue weighted by atomic mass is 10.3. The maximum atomic E-state index is 13.2. The van der Waals surface area contributed by atoms with Crippen LogP contribution in [0.25, 0.3) is 22.2 Å². The molecule has 0 unspecified atom stereocenters. The molecule has 4 aromatic heterocycles. The van der Waals surface area contributed by atoms with Crippen LogP contribution in [-0.4, -0.2) is 35.3 Å². The molecule has 29 heavy (non-hydrogen) atoms. The Morgan fingerprint density at radius 1 is 1.07 bits per heavy atom. The number of unbranched alkanes of at least 4 members (excludes halogenated alkanes) is 1. The fourth-order valence-electron chi connectivity index (χ4n) is 3.87. The van der Waals surface area contributed by atoms with Gasteiger partial charge in [0, 0.05) is 18.8 Å². The smallest absolute Gasteiger partial charge is 0.325 e. The Morgan fingerprint density at radius 2 is 1.93 bits per heavy atom. The van der Waals surface area contributed by atoms with Gasteiger partial charge in [0.1, 0.15) is 11.0 Å². The lowest BCUT2D eigenvalue weighted by Crippen LogP contribution is -2.25. The molecule has 0 amide bonds. The highest BCUT2D eigenvalue weighted by Crippen LogP contribution is 2.36. The molecule has 0 saturated heterocycles. The van der Waals surface area contributed by atoms with E-state index in [2.05, 4.69) is 15.0 Å². The standard InChI is InChI=1S/C20H20ClFN6O/c21-17-6-5-15-19(24-17)25-18(26(15)10-2-1-8-22)12-27-16-11-23-9-7-14(16)28(20(27)29)13-3-4-13/h5-7,9,11,13H,1-4,8,10,12H2. The maximum Gasteiger partial charge on any atom is 0.329 e. The van der Waals surface area contributed by atoms with Crippen LogP contribution in [-0.2, 0) is 13.1 Å². The summed E-state index contributed by atoms with van der Waals surface area (Å²) in [6, 6.07) is 5.74. The van der Waals surface area contributed by atoms with E-state index in [1.54, 1.807) is 23.0 Å². The van der Waals surface area contributed by atoms with Gasteiger partial charge in [0.15, 0.2) is 5.65 Å². The number of fused-ring (bicyclic) bond motifs is 2. The molecule has 0 aliphatic heterocycles. The number of nitrogens with zero attached hydrogens (tertiary/aromatic N) is 6. The molecular formula is C20H20ClFN6O. The maximum absolute atomic E-state index is 13.2. The van der Waals surface area contributed by atoms with Crippen LogP contribution in [0, 0.1) is 0 Å². The largest absolute Gasteiger partial charge is 0.329 e. The number of hydrogen-bond acceptors (Lipinski definition) is 4. The molecular weight excluding hydrogens is 395 g/mol. The second-order valence-corrected chi connectivity index (χ2v) is 7.77. The predicted octanol–water partition coefficient (Wildman–Crippen LogP) is 3.73. The third-order valence-electron chi connectivity index (χ3n) is 5.40. The molecule has 4 aromatic rings. The Morgan fingerprint density at radius 3 is 2.72 bits per heavy atom. The van der Waals surface area contributed by atoms with E-state index < -0.39 is 0 Å². The second-order valence-electron chi connectivity index (χ2n) is 7.39. The van der Waals surface area contributed by atoms with E-state index in [4.69, 9.17) is 11.6 Å². The van der Waals surface area contributed by atoms with E-state index in [1.165, 1.54) is 0 Å². The van der Waals surface area contributed by atoms with Crippen molar-refractivity contribution in [1.29, 1.82) is 0 Å². The summed E-state index contributed by atoms with van der Waals surface area (Å²) in [7, 11) is 0. The zero-order valence-corrected chi connectivity index (χ0v) is 16.5. The molecule has 0 aromatic carbocycles. The number of alkyl halides is 1. The van der Waals surface area contributed by atoms with Crippen LogP contribution in [0.4, 0.5) is 4.39 Å². The van der Waals surface area contributed by atoms with Gasteiger partial charge in [-0.05, 0) is 43.9 Å². The Balaban J connectivity index is 1.63. The molecule has 1 aliphatic carbocycles. The van der Waals surface area contributed by atoms with Crippen LogP contribution in [0.5, 0.6) is 0 Å². The lowest BCUT2D eigenvalue weighted by Gasteiger charge is -2.09. The van der Waals surface area contributed by atoms with E-state index in [0.29, 0.717) is 42.6 Å². The van der Waals surface area contributed by atoms with Gasteiger partial charge < -0.3 is 4.57 Å². The Hall–Kier alpha value is -2.74. The van der Waals surface area contributed by atoms with Crippen molar-refractivity contribution in [3.63, 3.8) is 0 Å². The van der Waals surface area contributed by atoms with E-state index >= 15 is 0 Å². The van der Waals surface area contributed by atoms with E-state index in [9.17, 15) is 9.18 Å². The third kappa shape index (κ3) is 3.21. The van der Waals surface area contributed by atoms with Crippen molar-refractivity contribution in [2.75, 3.05) is 6.67 Å². The highest BCUT2D eigenvalue weighted by atomic mass is 35.5. The highest BCUT2D eigenvalue weighted by molar-refractivity contribution is 6.29. The minimum atomic E-state index is -0.355. The van der Waals surface area contributed by atoms with E-state index in [0.717, 1.165) is 29.4 Å². The van der Waals surface area contributed by atoms with E-state index in [-0.39, 0.29) is 18.4 Å². The number of rotatable bonds is 7. The molecule has 0 N–H and O–H groups in total. The van der Waals surface area contributed by atoms with Crippen molar-refractivity contribution < 1.29 is 4.39 Å². The van der Waals surface area contributed by atoms with Crippen LogP contribution >= 0.6 is 11.6 Å². The van der Waals surface area contributed by atoms with Crippen molar-refractivity contribution in [2.45, 2.75) is 44.8 Å². The molecule has 4 heterocycles. The van der Waals surface area contributed by atoms with Gasteiger partial charge in [-0.1, -0.05) is 11.6 Å². The van der Waals surface area contributed by atoms with E-state index in [1.807, 2.05) is 21.3 Å². The monoisotopic (exact) mass is 414 g/mol. The van der Waals surface area contributed by atoms with Crippen molar-refractivity contribution in [3.8, 4) is 0 Å². The first-order valence-corrected chi connectivity index (χ1v) is 10.2. The first-order chi connectivity index (χ1) is 14.2. The number of aromatic nitrogens is 6. The minimum absolute atomic E-state index is 0.0520. The highest BCUT2D eigenvalue weighted by Gasteiger charge is 2.29. The summed E-state index contributed by atoms with van der Waals surface area (Å²) in [6.07, 6.45) is 6.63. The van der Waals surface area contributed by atoms with Crippen LogP contribution < -0.4 is 5.69 Å². The fraction of sp³-hybridized carbons (Fsp3) is 0.400. The summed E-state index contributed by atoms with van der Waals surface area (Å²) in [5, 5.41) is 0.365. The zero-order chi connectivity index (χ0) is 20.0. The molecule has 5 rings (SSSR count). The first-order valence-electron chi connectivity index (χ1n) is 9.79. The molecule has 150 valence electrons.